The van der Waals surface area contributed by atoms with E-state index in [1.165, 1.54) is 12.8 Å². The number of nitrogens with one attached hydrogen (secondary N) is 1. The molecule has 0 unspecified atom stereocenters. The smallest absolute Gasteiger partial charge is 0.320 e. The largest absolute Gasteiger partial charge is 0.480 e. The summed E-state index contributed by atoms with van der Waals surface area (Å²) in [5, 5.41) is 11.8. The Morgan fingerprint density at radius 1 is 1.27 bits per heavy atom. The van der Waals surface area contributed by atoms with Crippen LogP contribution in [0.2, 0.25) is 0 Å². The van der Waals surface area contributed by atoms with Crippen LogP contribution in [-0.4, -0.2) is 23.2 Å². The second kappa shape index (κ2) is 2.48. The van der Waals surface area contributed by atoms with E-state index in [0.29, 0.717) is 6.04 Å². The van der Waals surface area contributed by atoms with Gasteiger partial charge in [-0.1, -0.05) is 0 Å². The zero-order chi connectivity index (χ0) is 7.84. The summed E-state index contributed by atoms with van der Waals surface area (Å²) >= 11 is 0. The number of carboxylic acids is 1. The molecule has 0 aromatic heterocycles. The first-order chi connectivity index (χ1) is 5.27. The average Bonchev–Trinajstić information content (AvgIpc) is 2.68. The zero-order valence-corrected chi connectivity index (χ0v) is 6.42. The van der Waals surface area contributed by atoms with Crippen molar-refractivity contribution in [2.24, 2.45) is 5.92 Å². The van der Waals surface area contributed by atoms with Gasteiger partial charge in [0, 0.05) is 6.04 Å². The fraction of sp³-hybridized carbons (Fsp3) is 0.875. The lowest BCUT2D eigenvalue weighted by Gasteiger charge is -2.09. The van der Waals surface area contributed by atoms with Crippen LogP contribution in [0.15, 0.2) is 0 Å². The van der Waals surface area contributed by atoms with Gasteiger partial charge in [-0.05, 0) is 31.6 Å². The van der Waals surface area contributed by atoms with Crippen LogP contribution in [0.3, 0.4) is 0 Å². The molecule has 1 aliphatic carbocycles. The van der Waals surface area contributed by atoms with Crippen molar-refractivity contribution in [2.75, 3.05) is 0 Å². The predicted molar refractivity (Wildman–Crippen MR) is 40.3 cm³/mol. The molecule has 2 atom stereocenters. The molecular weight excluding hydrogens is 142 g/mol. The third kappa shape index (κ3) is 1.38. The second-order valence-corrected chi connectivity index (χ2v) is 3.58. The highest BCUT2D eigenvalue weighted by atomic mass is 16.4. The molecule has 11 heavy (non-hydrogen) atoms. The summed E-state index contributed by atoms with van der Waals surface area (Å²) in [6.45, 7) is 0. The third-order valence-corrected chi connectivity index (χ3v) is 2.67. The van der Waals surface area contributed by atoms with Gasteiger partial charge in [-0.2, -0.15) is 0 Å². The molecular formula is C8H13NO2. The maximum atomic E-state index is 10.5. The molecule has 1 aliphatic heterocycles. The molecule has 3 nitrogen and oxygen atoms in total. The zero-order valence-electron chi connectivity index (χ0n) is 6.42. The quantitative estimate of drug-likeness (QED) is 0.614. The molecule has 1 saturated heterocycles. The Bertz CT molecular complexity index is 177. The molecule has 2 aliphatic rings. The first-order valence-corrected chi connectivity index (χ1v) is 4.26. The van der Waals surface area contributed by atoms with Gasteiger partial charge in [0.15, 0.2) is 0 Å². The van der Waals surface area contributed by atoms with Crippen LogP contribution >= 0.6 is 0 Å². The number of carbonyl (C=O) groups is 1. The van der Waals surface area contributed by atoms with E-state index in [2.05, 4.69) is 5.32 Å². The highest BCUT2D eigenvalue weighted by molar-refractivity contribution is 5.73. The van der Waals surface area contributed by atoms with E-state index in [0.717, 1.165) is 18.8 Å². The number of aliphatic carboxylic acids is 1. The van der Waals surface area contributed by atoms with Crippen LogP contribution < -0.4 is 5.32 Å². The normalized spacial score (nSPS) is 37.5. The molecule has 1 heterocycles. The van der Waals surface area contributed by atoms with Gasteiger partial charge >= 0.3 is 5.97 Å². The fourth-order valence-corrected chi connectivity index (χ4v) is 1.84. The Kier molecular flexibility index (Phi) is 1.60. The monoisotopic (exact) mass is 155 g/mol. The molecule has 0 bridgehead atoms. The summed E-state index contributed by atoms with van der Waals surface area (Å²) in [6.07, 6.45) is 4.46. The highest BCUT2D eigenvalue weighted by Gasteiger charge is 2.38. The number of hydrogen-bond donors (Lipinski definition) is 2. The summed E-state index contributed by atoms with van der Waals surface area (Å²) in [4.78, 5) is 10.5. The van der Waals surface area contributed by atoms with E-state index in [-0.39, 0.29) is 6.04 Å². The average molecular weight is 155 g/mol. The Balaban J connectivity index is 1.87. The lowest BCUT2D eigenvalue weighted by molar-refractivity contribution is -0.139. The number of rotatable bonds is 2. The van der Waals surface area contributed by atoms with Crippen LogP contribution in [0.25, 0.3) is 0 Å². The summed E-state index contributed by atoms with van der Waals surface area (Å²) in [5.74, 6) is 0.104. The molecule has 2 rings (SSSR count). The van der Waals surface area contributed by atoms with Crippen molar-refractivity contribution in [1.29, 1.82) is 0 Å². The van der Waals surface area contributed by atoms with Gasteiger partial charge < -0.3 is 10.4 Å². The van der Waals surface area contributed by atoms with Gasteiger partial charge in [0.05, 0.1) is 0 Å². The van der Waals surface area contributed by atoms with Gasteiger partial charge in [-0.15, -0.1) is 0 Å². The fourth-order valence-electron chi connectivity index (χ4n) is 1.84. The minimum atomic E-state index is -0.687. The lowest BCUT2D eigenvalue weighted by atomic mass is 10.1. The van der Waals surface area contributed by atoms with Crippen molar-refractivity contribution < 1.29 is 9.90 Å². The van der Waals surface area contributed by atoms with Gasteiger partial charge in [-0.25, -0.2) is 0 Å². The molecule has 0 spiro atoms. The van der Waals surface area contributed by atoms with Crippen LogP contribution in [-0.2, 0) is 4.79 Å². The number of carboxylic acid groups (broad SMARTS) is 1. The molecule has 2 N–H and O–H groups in total. The summed E-state index contributed by atoms with van der Waals surface area (Å²) in [5.41, 5.74) is 0. The van der Waals surface area contributed by atoms with Gasteiger partial charge in [0.25, 0.3) is 0 Å². The van der Waals surface area contributed by atoms with Crippen molar-refractivity contribution in [3.63, 3.8) is 0 Å². The molecule has 2 fully saturated rings. The maximum Gasteiger partial charge on any atom is 0.320 e. The van der Waals surface area contributed by atoms with E-state index in [4.69, 9.17) is 5.11 Å². The van der Waals surface area contributed by atoms with Gasteiger partial charge in [0.1, 0.15) is 6.04 Å². The Morgan fingerprint density at radius 2 is 2.00 bits per heavy atom. The minimum Gasteiger partial charge on any atom is -0.480 e. The second-order valence-electron chi connectivity index (χ2n) is 3.58. The van der Waals surface area contributed by atoms with Crippen molar-refractivity contribution >= 4 is 5.97 Å². The Morgan fingerprint density at radius 3 is 2.45 bits per heavy atom. The summed E-state index contributed by atoms with van der Waals surface area (Å²) < 4.78 is 0. The van der Waals surface area contributed by atoms with E-state index >= 15 is 0 Å². The molecule has 0 aromatic rings. The topological polar surface area (TPSA) is 49.3 Å². The number of hydrogen-bond acceptors (Lipinski definition) is 2. The lowest BCUT2D eigenvalue weighted by Crippen LogP contribution is -2.36. The summed E-state index contributed by atoms with van der Waals surface area (Å²) in [7, 11) is 0. The molecule has 0 aromatic carbocycles. The Labute approximate surface area is 65.8 Å². The van der Waals surface area contributed by atoms with Gasteiger partial charge in [-0.3, -0.25) is 4.79 Å². The van der Waals surface area contributed by atoms with Crippen LogP contribution in [0.4, 0.5) is 0 Å². The van der Waals surface area contributed by atoms with Crippen LogP contribution in [0.5, 0.6) is 0 Å². The van der Waals surface area contributed by atoms with E-state index < -0.39 is 5.97 Å². The maximum absolute atomic E-state index is 10.5. The SMILES string of the molecule is O=C(O)[C@@H]1CC[C@@H](C2CC2)N1. The van der Waals surface area contributed by atoms with Crippen molar-refractivity contribution in [1.82, 2.24) is 5.32 Å². The van der Waals surface area contributed by atoms with Gasteiger partial charge in [0.2, 0.25) is 0 Å². The molecule has 1 saturated carbocycles. The van der Waals surface area contributed by atoms with E-state index in [1.807, 2.05) is 0 Å². The molecule has 0 radical (unpaired) electrons. The molecule has 3 heteroatoms. The standard InChI is InChI=1S/C8H13NO2/c10-8(11)7-4-3-6(9-7)5-1-2-5/h5-7,9H,1-4H2,(H,10,11)/t6-,7-/m0/s1. The van der Waals surface area contributed by atoms with Crippen molar-refractivity contribution in [2.45, 2.75) is 37.8 Å². The molecule has 0 amide bonds. The van der Waals surface area contributed by atoms with Crippen molar-refractivity contribution in [3.05, 3.63) is 0 Å². The first kappa shape index (κ1) is 7.10. The van der Waals surface area contributed by atoms with Crippen LogP contribution in [0, 0.1) is 5.92 Å². The minimum absolute atomic E-state index is 0.263. The van der Waals surface area contributed by atoms with E-state index in [9.17, 15) is 4.79 Å². The first-order valence-electron chi connectivity index (χ1n) is 4.26. The third-order valence-electron chi connectivity index (χ3n) is 2.67. The molecule has 62 valence electrons. The highest BCUT2D eigenvalue weighted by Crippen LogP contribution is 2.37. The summed E-state index contributed by atoms with van der Waals surface area (Å²) in [6, 6.07) is 0.247. The van der Waals surface area contributed by atoms with Crippen molar-refractivity contribution in [3.8, 4) is 0 Å². The predicted octanol–water partition coefficient (Wildman–Crippen LogP) is 0.602. The van der Waals surface area contributed by atoms with Crippen LogP contribution in [0.1, 0.15) is 25.7 Å². The van der Waals surface area contributed by atoms with E-state index in [1.54, 1.807) is 0 Å². The Hall–Kier alpha value is -0.570.